The summed E-state index contributed by atoms with van der Waals surface area (Å²) in [5.74, 6) is 0. The molecule has 12 heteroatoms. The van der Waals surface area contributed by atoms with E-state index < -0.39 is 51.5 Å². The van der Waals surface area contributed by atoms with Gasteiger partial charge in [0.25, 0.3) is 15.7 Å². The predicted octanol–water partition coefficient (Wildman–Crippen LogP) is 3.09. The Labute approximate surface area is 203 Å². The lowest BCUT2D eigenvalue weighted by Crippen LogP contribution is -2.50. The molecule has 2 aromatic rings. The number of benzene rings is 2. The molecule has 0 aromatic heterocycles. The van der Waals surface area contributed by atoms with Gasteiger partial charge in [-0.25, -0.2) is 13.2 Å². The third-order valence-corrected chi connectivity index (χ3v) is 7.44. The van der Waals surface area contributed by atoms with Crippen LogP contribution in [0.4, 0.5) is 10.5 Å². The van der Waals surface area contributed by atoms with Crippen LogP contribution in [0.1, 0.15) is 37.7 Å². The van der Waals surface area contributed by atoms with Crippen LogP contribution >= 0.6 is 0 Å². The fourth-order valence-corrected chi connectivity index (χ4v) is 5.34. The summed E-state index contributed by atoms with van der Waals surface area (Å²) in [5.41, 5.74) is 0.338. The Bertz CT molecular complexity index is 1110. The number of hydrogen-bond donors (Lipinski definition) is 3. The van der Waals surface area contributed by atoms with E-state index in [1.807, 2.05) is 0 Å². The van der Waals surface area contributed by atoms with E-state index in [0.717, 1.165) is 30.9 Å². The Morgan fingerprint density at radius 1 is 1.14 bits per heavy atom. The van der Waals surface area contributed by atoms with Crippen LogP contribution in [-0.2, 0) is 21.3 Å². The number of nitrogens with one attached hydrogen (secondary N) is 1. The molecule has 0 aliphatic heterocycles. The normalized spacial score (nSPS) is 16.5. The third kappa shape index (κ3) is 7.46. The number of hydroxylamine groups is 1. The SMILES string of the molecule is O=C(O)N[C@@H](Cc1ccccc1)[C@@H](O)CN(OC1CCCCC1)S(=O)(=O)c1cccc([N+](=O)[O-])c1. The standard InChI is InChI=1S/C23H29N3O8S/c27-22(21(24-23(28)29)14-17-8-3-1-4-9-17)16-25(34-19-11-5-2-6-12-19)35(32,33)20-13-7-10-18(15-20)26(30)31/h1,3-4,7-10,13,15,19,21-22,24,27H,2,5-6,11-12,14,16H2,(H,28,29)/t21-,22-/m0/s1. The van der Waals surface area contributed by atoms with Crippen LogP contribution in [0.3, 0.4) is 0 Å². The molecule has 2 aromatic carbocycles. The number of nitro benzene ring substituents is 1. The van der Waals surface area contributed by atoms with Crippen LogP contribution in [0.2, 0.25) is 0 Å². The van der Waals surface area contributed by atoms with Gasteiger partial charge in [0.2, 0.25) is 0 Å². The summed E-state index contributed by atoms with van der Waals surface area (Å²) in [6, 6.07) is 12.4. The second-order valence-corrected chi connectivity index (χ2v) is 10.3. The average Bonchev–Trinajstić information content (AvgIpc) is 2.84. The van der Waals surface area contributed by atoms with Crippen molar-refractivity contribution in [1.82, 2.24) is 9.79 Å². The summed E-state index contributed by atoms with van der Waals surface area (Å²) in [6.45, 7) is -0.570. The summed E-state index contributed by atoms with van der Waals surface area (Å²) in [7, 11) is -4.41. The summed E-state index contributed by atoms with van der Waals surface area (Å²) < 4.78 is 27.5. The maximum Gasteiger partial charge on any atom is 0.404 e. The zero-order valence-electron chi connectivity index (χ0n) is 19.0. The number of non-ortho nitro benzene ring substituents is 1. The highest BCUT2D eigenvalue weighted by Gasteiger charge is 2.34. The van der Waals surface area contributed by atoms with Crippen LogP contribution in [0, 0.1) is 10.1 Å². The minimum absolute atomic E-state index is 0.114. The number of carboxylic acid groups (broad SMARTS) is 1. The van der Waals surface area contributed by atoms with Crippen molar-refractivity contribution in [2.75, 3.05) is 6.54 Å². The molecule has 0 spiro atoms. The smallest absolute Gasteiger partial charge is 0.404 e. The molecule has 2 atom stereocenters. The largest absolute Gasteiger partial charge is 0.465 e. The van der Waals surface area contributed by atoms with Gasteiger partial charge < -0.3 is 15.5 Å². The number of nitrogens with zero attached hydrogens (tertiary/aromatic N) is 2. The number of rotatable bonds is 11. The van der Waals surface area contributed by atoms with Gasteiger partial charge in [0.1, 0.15) is 0 Å². The lowest BCUT2D eigenvalue weighted by atomic mass is 9.98. The van der Waals surface area contributed by atoms with E-state index in [9.17, 15) is 33.5 Å². The van der Waals surface area contributed by atoms with Crippen molar-refractivity contribution in [3.63, 3.8) is 0 Å². The number of carbonyl (C=O) groups is 1. The Hall–Kier alpha value is -3.06. The van der Waals surface area contributed by atoms with E-state index in [0.29, 0.717) is 17.3 Å². The molecule has 1 saturated carbocycles. The van der Waals surface area contributed by atoms with Crippen molar-refractivity contribution in [2.45, 2.75) is 61.7 Å². The van der Waals surface area contributed by atoms with E-state index in [1.54, 1.807) is 30.3 Å². The average molecular weight is 508 g/mol. The molecule has 1 aliphatic rings. The highest BCUT2D eigenvalue weighted by molar-refractivity contribution is 7.89. The van der Waals surface area contributed by atoms with Crippen LogP contribution in [0.5, 0.6) is 0 Å². The minimum atomic E-state index is -4.41. The number of sulfonamides is 1. The first-order chi connectivity index (χ1) is 16.7. The van der Waals surface area contributed by atoms with E-state index >= 15 is 0 Å². The molecule has 0 unspecified atom stereocenters. The minimum Gasteiger partial charge on any atom is -0.465 e. The first kappa shape index (κ1) is 26.5. The fourth-order valence-electron chi connectivity index (χ4n) is 4.00. The van der Waals surface area contributed by atoms with Crippen molar-refractivity contribution in [3.05, 3.63) is 70.3 Å². The highest BCUT2D eigenvalue weighted by Crippen LogP contribution is 2.27. The summed E-state index contributed by atoms with van der Waals surface area (Å²) in [4.78, 5) is 27.3. The maximum atomic E-state index is 13.4. The van der Waals surface area contributed by atoms with E-state index in [2.05, 4.69) is 5.32 Å². The second-order valence-electron chi connectivity index (χ2n) is 8.42. The topological polar surface area (TPSA) is 159 Å². The quantitative estimate of drug-likeness (QED) is 0.309. The van der Waals surface area contributed by atoms with Gasteiger partial charge in [-0.15, -0.1) is 0 Å². The summed E-state index contributed by atoms with van der Waals surface area (Å²) in [6.07, 6.45) is 0.823. The molecule has 1 amide bonds. The van der Waals surface area contributed by atoms with Gasteiger partial charge in [0.15, 0.2) is 0 Å². The molecule has 1 fully saturated rings. The maximum absolute atomic E-state index is 13.4. The molecular formula is C23H29N3O8S. The van der Waals surface area contributed by atoms with Crippen molar-refractivity contribution in [3.8, 4) is 0 Å². The lowest BCUT2D eigenvalue weighted by molar-refractivity contribution is -0.385. The molecule has 0 heterocycles. The number of aliphatic hydroxyl groups is 1. The number of hydrogen-bond acceptors (Lipinski definition) is 7. The van der Waals surface area contributed by atoms with Crippen LogP contribution in [-0.4, -0.2) is 58.9 Å². The van der Waals surface area contributed by atoms with Gasteiger partial charge in [0.05, 0.1) is 34.6 Å². The van der Waals surface area contributed by atoms with Crippen molar-refractivity contribution < 1.29 is 33.2 Å². The Balaban J connectivity index is 1.89. The van der Waals surface area contributed by atoms with E-state index in [-0.39, 0.29) is 11.3 Å². The molecule has 3 N–H and O–H groups in total. The zero-order valence-corrected chi connectivity index (χ0v) is 19.8. The van der Waals surface area contributed by atoms with Crippen LogP contribution in [0.25, 0.3) is 0 Å². The molecule has 35 heavy (non-hydrogen) atoms. The summed E-state index contributed by atoms with van der Waals surface area (Å²) >= 11 is 0. The third-order valence-electron chi connectivity index (χ3n) is 5.82. The second kappa shape index (κ2) is 12.1. The molecule has 0 bridgehead atoms. The Morgan fingerprint density at radius 3 is 2.46 bits per heavy atom. The van der Waals surface area contributed by atoms with Gasteiger partial charge in [-0.2, -0.15) is 0 Å². The van der Waals surface area contributed by atoms with Crippen LogP contribution in [0.15, 0.2) is 59.5 Å². The van der Waals surface area contributed by atoms with Crippen LogP contribution < -0.4 is 5.32 Å². The Kier molecular flexibility index (Phi) is 9.15. The number of amides is 1. The number of aliphatic hydroxyl groups excluding tert-OH is 1. The molecule has 1 aliphatic carbocycles. The highest BCUT2D eigenvalue weighted by atomic mass is 32.2. The first-order valence-electron chi connectivity index (χ1n) is 11.3. The molecular weight excluding hydrogens is 478 g/mol. The molecule has 190 valence electrons. The van der Waals surface area contributed by atoms with Gasteiger partial charge in [-0.05, 0) is 30.9 Å². The van der Waals surface area contributed by atoms with E-state index in [4.69, 9.17) is 4.84 Å². The van der Waals surface area contributed by atoms with E-state index in [1.165, 1.54) is 18.2 Å². The first-order valence-corrected chi connectivity index (χ1v) is 12.8. The molecule has 11 nitrogen and oxygen atoms in total. The zero-order chi connectivity index (χ0) is 25.4. The molecule has 0 radical (unpaired) electrons. The van der Waals surface area contributed by atoms with Crippen molar-refractivity contribution in [1.29, 1.82) is 0 Å². The molecule has 3 rings (SSSR count). The number of nitro groups is 1. The van der Waals surface area contributed by atoms with Gasteiger partial charge in [-0.3, -0.25) is 15.0 Å². The van der Waals surface area contributed by atoms with Crippen molar-refractivity contribution >= 4 is 21.8 Å². The van der Waals surface area contributed by atoms with Gasteiger partial charge in [0, 0.05) is 12.1 Å². The predicted molar refractivity (Wildman–Crippen MR) is 126 cm³/mol. The monoisotopic (exact) mass is 507 g/mol. The molecule has 0 saturated heterocycles. The fraction of sp³-hybridized carbons (Fsp3) is 0.435. The van der Waals surface area contributed by atoms with Gasteiger partial charge >= 0.3 is 6.09 Å². The summed E-state index contributed by atoms with van der Waals surface area (Å²) in [5, 5.41) is 33.7. The lowest BCUT2D eigenvalue weighted by Gasteiger charge is -2.32. The van der Waals surface area contributed by atoms with Gasteiger partial charge in [-0.1, -0.05) is 60.1 Å². The Morgan fingerprint density at radius 2 is 1.83 bits per heavy atom. The van der Waals surface area contributed by atoms with Crippen molar-refractivity contribution in [2.24, 2.45) is 0 Å².